The van der Waals surface area contributed by atoms with Gasteiger partial charge in [0.2, 0.25) is 11.7 Å². The monoisotopic (exact) mass is 513 g/mol. The number of hydrogen-bond donors (Lipinski definition) is 1. The summed E-state index contributed by atoms with van der Waals surface area (Å²) in [5, 5.41) is 2.58. The van der Waals surface area contributed by atoms with Gasteiger partial charge in [0.1, 0.15) is 12.6 Å². The van der Waals surface area contributed by atoms with Crippen molar-refractivity contribution in [2.75, 3.05) is 13.7 Å². The van der Waals surface area contributed by atoms with Crippen LogP contribution in [0, 0.1) is 0 Å². The molecular weight excluding hydrogens is 482 g/mol. The molecule has 0 bridgehead atoms. The van der Waals surface area contributed by atoms with Gasteiger partial charge in [-0.25, -0.2) is 4.79 Å². The lowest BCUT2D eigenvalue weighted by atomic mass is 9.88. The minimum absolute atomic E-state index is 0.0557. The van der Waals surface area contributed by atoms with Crippen molar-refractivity contribution in [3.8, 4) is 0 Å². The smallest absolute Gasteiger partial charge is 0.373 e. The van der Waals surface area contributed by atoms with Crippen molar-refractivity contribution in [3.63, 3.8) is 0 Å². The molecule has 13 nitrogen and oxygen atoms in total. The Balaban J connectivity index is 3.85. The highest BCUT2D eigenvalue weighted by atomic mass is 16.6. The summed E-state index contributed by atoms with van der Waals surface area (Å²) >= 11 is 0. The molecule has 13 heteroatoms. The molecule has 0 unspecified atom stereocenters. The summed E-state index contributed by atoms with van der Waals surface area (Å²) in [4.78, 5) is 72.1. The molecule has 1 rings (SSSR count). The third-order valence-corrected chi connectivity index (χ3v) is 4.64. The first-order chi connectivity index (χ1) is 16.8. The van der Waals surface area contributed by atoms with E-state index in [1.165, 1.54) is 19.1 Å². The summed E-state index contributed by atoms with van der Waals surface area (Å²) in [6.07, 6.45) is -2.82. The Kier molecular flexibility index (Phi) is 11.6. The Morgan fingerprint density at radius 2 is 1.56 bits per heavy atom. The van der Waals surface area contributed by atoms with Crippen molar-refractivity contribution in [2.24, 2.45) is 0 Å². The summed E-state index contributed by atoms with van der Waals surface area (Å²) in [5.41, 5.74) is 0.0557. The molecule has 0 saturated carbocycles. The van der Waals surface area contributed by atoms with Gasteiger partial charge in [0.05, 0.1) is 7.11 Å². The molecule has 1 N–H and O–H groups in total. The number of amides is 1. The van der Waals surface area contributed by atoms with E-state index in [-0.39, 0.29) is 5.57 Å². The Morgan fingerprint density at radius 1 is 0.944 bits per heavy atom. The SMILES string of the molecule is C/C=C\C1=C(C(=O)OC)O[C@@H]([C@H](OC(C)=O)[C@@H](COC(C)=O)OC(C)=O)[C@H](NC(C)=O)[C@H]1OC(C)=O. The number of esters is 5. The van der Waals surface area contributed by atoms with Crippen LogP contribution in [0.5, 0.6) is 0 Å². The van der Waals surface area contributed by atoms with Crippen LogP contribution in [-0.4, -0.2) is 79.9 Å². The van der Waals surface area contributed by atoms with E-state index in [1.54, 1.807) is 6.92 Å². The van der Waals surface area contributed by atoms with Gasteiger partial charge in [-0.05, 0) is 6.92 Å². The Morgan fingerprint density at radius 3 is 2.00 bits per heavy atom. The molecule has 0 saturated heterocycles. The normalized spacial score (nSPS) is 20.9. The zero-order chi connectivity index (χ0) is 27.6. The minimum Gasteiger partial charge on any atom is -0.476 e. The molecule has 5 atom stereocenters. The van der Waals surface area contributed by atoms with E-state index in [2.05, 4.69) is 5.32 Å². The van der Waals surface area contributed by atoms with Crippen molar-refractivity contribution in [2.45, 2.75) is 72.0 Å². The third-order valence-electron chi connectivity index (χ3n) is 4.64. The molecule has 0 fully saturated rings. The van der Waals surface area contributed by atoms with E-state index in [4.69, 9.17) is 28.4 Å². The summed E-state index contributed by atoms with van der Waals surface area (Å²) in [7, 11) is 1.09. The molecule has 1 aliphatic heterocycles. The van der Waals surface area contributed by atoms with Crippen LogP contribution in [0.4, 0.5) is 0 Å². The van der Waals surface area contributed by atoms with Gasteiger partial charge in [-0.1, -0.05) is 12.2 Å². The lowest BCUT2D eigenvalue weighted by Gasteiger charge is -2.43. The molecule has 1 heterocycles. The van der Waals surface area contributed by atoms with E-state index in [9.17, 15) is 28.8 Å². The lowest BCUT2D eigenvalue weighted by molar-refractivity contribution is -0.192. The second kappa shape index (κ2) is 13.9. The highest BCUT2D eigenvalue weighted by Gasteiger charge is 2.51. The summed E-state index contributed by atoms with van der Waals surface area (Å²) in [5.74, 6) is -5.10. The highest BCUT2D eigenvalue weighted by molar-refractivity contribution is 5.88. The number of carbonyl (C=O) groups excluding carboxylic acids is 6. The van der Waals surface area contributed by atoms with Gasteiger partial charge >= 0.3 is 29.8 Å². The van der Waals surface area contributed by atoms with Crippen LogP contribution >= 0.6 is 0 Å². The topological polar surface area (TPSA) is 170 Å². The van der Waals surface area contributed by atoms with Crippen molar-refractivity contribution in [1.29, 1.82) is 0 Å². The number of allylic oxidation sites excluding steroid dienone is 1. The average molecular weight is 513 g/mol. The van der Waals surface area contributed by atoms with Crippen molar-refractivity contribution < 1.29 is 57.2 Å². The van der Waals surface area contributed by atoms with Crippen LogP contribution in [-0.2, 0) is 57.2 Å². The van der Waals surface area contributed by atoms with E-state index in [0.29, 0.717) is 0 Å². The molecule has 0 aromatic carbocycles. The maximum atomic E-state index is 12.6. The first-order valence-corrected chi connectivity index (χ1v) is 10.9. The van der Waals surface area contributed by atoms with Crippen molar-refractivity contribution in [1.82, 2.24) is 5.32 Å². The maximum Gasteiger partial charge on any atom is 0.373 e. The van der Waals surface area contributed by atoms with Crippen LogP contribution < -0.4 is 5.32 Å². The molecule has 1 aliphatic rings. The number of carbonyl (C=O) groups is 6. The second-order valence-corrected chi connectivity index (χ2v) is 7.64. The fraction of sp³-hybridized carbons (Fsp3) is 0.565. The number of nitrogens with one attached hydrogen (secondary N) is 1. The molecule has 0 aromatic heterocycles. The Labute approximate surface area is 208 Å². The molecular formula is C23H31NO12. The maximum absolute atomic E-state index is 12.6. The second-order valence-electron chi connectivity index (χ2n) is 7.64. The fourth-order valence-corrected chi connectivity index (χ4v) is 3.52. The van der Waals surface area contributed by atoms with Crippen LogP contribution in [0.25, 0.3) is 0 Å². The zero-order valence-electron chi connectivity index (χ0n) is 21.1. The van der Waals surface area contributed by atoms with Crippen LogP contribution in [0.2, 0.25) is 0 Å². The van der Waals surface area contributed by atoms with E-state index in [0.717, 1.165) is 34.8 Å². The quantitative estimate of drug-likeness (QED) is 0.312. The van der Waals surface area contributed by atoms with Gasteiger partial charge in [0.25, 0.3) is 0 Å². The number of methoxy groups -OCH3 is 1. The molecule has 0 spiro atoms. The minimum atomic E-state index is -1.55. The average Bonchev–Trinajstić information content (AvgIpc) is 2.76. The third kappa shape index (κ3) is 8.71. The summed E-state index contributed by atoms with van der Waals surface area (Å²) < 4.78 is 31.8. The standard InChI is InChI=1S/C23H31NO12/c1-8-9-16-19(34-14(5)28)18(24-11(2)25)22(36-20(16)23(30)31-7)21(35-15(6)29)17(33-13(4)27)10-32-12(3)26/h8-9,17-19,21-22H,10H2,1-7H3,(H,24,25)/b9-8-/t17-,18-,19+,21-,22-/m1/s1. The van der Waals surface area contributed by atoms with Crippen molar-refractivity contribution in [3.05, 3.63) is 23.5 Å². The van der Waals surface area contributed by atoms with Gasteiger partial charge in [0, 0.05) is 40.2 Å². The van der Waals surface area contributed by atoms with Gasteiger partial charge in [-0.3, -0.25) is 24.0 Å². The largest absolute Gasteiger partial charge is 0.476 e. The Bertz CT molecular complexity index is 937. The van der Waals surface area contributed by atoms with Gasteiger partial charge in [-0.2, -0.15) is 0 Å². The first kappa shape index (κ1) is 30.1. The zero-order valence-corrected chi connectivity index (χ0v) is 21.1. The van der Waals surface area contributed by atoms with Crippen LogP contribution in [0.1, 0.15) is 41.5 Å². The van der Waals surface area contributed by atoms with E-state index >= 15 is 0 Å². The van der Waals surface area contributed by atoms with E-state index in [1.807, 2.05) is 0 Å². The molecule has 0 aromatic rings. The first-order valence-electron chi connectivity index (χ1n) is 10.9. The van der Waals surface area contributed by atoms with Gasteiger partial charge in [0.15, 0.2) is 24.4 Å². The van der Waals surface area contributed by atoms with Gasteiger partial charge in [-0.15, -0.1) is 0 Å². The number of hydrogen-bond acceptors (Lipinski definition) is 12. The van der Waals surface area contributed by atoms with E-state index < -0.39 is 78.6 Å². The molecule has 36 heavy (non-hydrogen) atoms. The number of rotatable bonds is 10. The highest BCUT2D eigenvalue weighted by Crippen LogP contribution is 2.33. The molecule has 0 aliphatic carbocycles. The molecule has 1 amide bonds. The van der Waals surface area contributed by atoms with Crippen molar-refractivity contribution >= 4 is 35.8 Å². The lowest BCUT2D eigenvalue weighted by Crippen LogP contribution is -2.63. The number of ether oxygens (including phenoxy) is 6. The predicted octanol–water partition coefficient (Wildman–Crippen LogP) is 0.251. The fourth-order valence-electron chi connectivity index (χ4n) is 3.52. The summed E-state index contributed by atoms with van der Waals surface area (Å²) in [6, 6.07) is -1.26. The van der Waals surface area contributed by atoms with Crippen LogP contribution in [0.3, 0.4) is 0 Å². The Hall–Kier alpha value is -3.90. The van der Waals surface area contributed by atoms with Gasteiger partial charge < -0.3 is 33.7 Å². The molecule has 200 valence electrons. The summed E-state index contributed by atoms with van der Waals surface area (Å²) in [6.45, 7) is 6.61. The predicted molar refractivity (Wildman–Crippen MR) is 120 cm³/mol. The van der Waals surface area contributed by atoms with Crippen LogP contribution in [0.15, 0.2) is 23.5 Å². The molecule has 0 radical (unpaired) electrons.